The van der Waals surface area contributed by atoms with Gasteiger partial charge in [-0.15, -0.1) is 0 Å². The molecule has 1 atom stereocenters. The average Bonchev–Trinajstić information content (AvgIpc) is 2.43. The molecule has 0 aliphatic heterocycles. The maximum Gasteiger partial charge on any atom is 0.314 e. The van der Waals surface area contributed by atoms with Crippen LogP contribution in [-0.4, -0.2) is 36.9 Å². The Morgan fingerprint density at radius 3 is 2.45 bits per heavy atom. The predicted molar refractivity (Wildman–Crippen MR) is 86.4 cm³/mol. The van der Waals surface area contributed by atoms with E-state index >= 15 is 0 Å². The number of amides is 2. The number of aliphatic hydroxyl groups is 1. The summed E-state index contributed by atoms with van der Waals surface area (Å²) in [5.74, 6) is 0. The van der Waals surface area contributed by atoms with Gasteiger partial charge in [0.15, 0.2) is 0 Å². The molecule has 1 aliphatic carbocycles. The first-order valence-electron chi connectivity index (χ1n) is 7.15. The maximum atomic E-state index is 11.8. The molecule has 1 aromatic carbocycles. The molecular formula is C15H20Cl2N2O3. The Labute approximate surface area is 139 Å². The van der Waals surface area contributed by atoms with Gasteiger partial charge in [-0.1, -0.05) is 23.2 Å². The topological polar surface area (TPSA) is 70.6 Å². The molecule has 7 heteroatoms. The Morgan fingerprint density at radius 2 is 1.95 bits per heavy atom. The third kappa shape index (κ3) is 4.49. The molecule has 2 amide bonds. The van der Waals surface area contributed by atoms with Crippen LogP contribution in [0.5, 0.6) is 0 Å². The van der Waals surface area contributed by atoms with E-state index in [0.717, 1.165) is 19.3 Å². The van der Waals surface area contributed by atoms with Gasteiger partial charge in [0.05, 0.1) is 11.7 Å². The monoisotopic (exact) mass is 346 g/mol. The first-order valence-corrected chi connectivity index (χ1v) is 7.91. The van der Waals surface area contributed by atoms with E-state index in [2.05, 4.69) is 10.6 Å². The molecule has 122 valence electrons. The minimum atomic E-state index is -0.873. The van der Waals surface area contributed by atoms with E-state index in [9.17, 15) is 9.90 Å². The van der Waals surface area contributed by atoms with Crippen molar-refractivity contribution in [3.8, 4) is 0 Å². The van der Waals surface area contributed by atoms with Gasteiger partial charge >= 0.3 is 6.03 Å². The normalized spacial score (nSPS) is 17.5. The number of methoxy groups -OCH3 is 1. The van der Waals surface area contributed by atoms with Gasteiger partial charge in [-0.05, 0) is 43.0 Å². The molecule has 1 aromatic rings. The van der Waals surface area contributed by atoms with Gasteiger partial charge in [0, 0.05) is 30.2 Å². The highest BCUT2D eigenvalue weighted by atomic mass is 35.5. The highest BCUT2D eigenvalue weighted by Crippen LogP contribution is 2.34. The molecule has 2 rings (SSSR count). The van der Waals surface area contributed by atoms with Crippen molar-refractivity contribution in [1.29, 1.82) is 0 Å². The smallest absolute Gasteiger partial charge is 0.314 e. The number of nitrogens with one attached hydrogen (secondary N) is 2. The van der Waals surface area contributed by atoms with Crippen molar-refractivity contribution in [2.75, 3.05) is 20.2 Å². The standard InChI is InChI=1S/C15H20Cl2N2O3/c1-22-15(3-2-4-15)9-19-14(21)18-8-13(20)10-5-11(16)7-12(17)6-10/h5-7,13,20H,2-4,8-9H2,1H3,(H2,18,19,21). The third-order valence-corrected chi connectivity index (χ3v) is 4.43. The number of hydrogen-bond donors (Lipinski definition) is 3. The maximum absolute atomic E-state index is 11.8. The molecule has 1 aliphatic rings. The van der Waals surface area contributed by atoms with Crippen LogP contribution in [0.25, 0.3) is 0 Å². The predicted octanol–water partition coefficient (Wildman–Crippen LogP) is 2.90. The third-order valence-electron chi connectivity index (χ3n) is 3.99. The number of halogens is 2. The molecule has 0 heterocycles. The van der Waals surface area contributed by atoms with Gasteiger partial charge in [-0.3, -0.25) is 0 Å². The average molecular weight is 347 g/mol. The number of carbonyl (C=O) groups is 1. The minimum Gasteiger partial charge on any atom is -0.387 e. The van der Waals surface area contributed by atoms with Crippen molar-refractivity contribution in [3.05, 3.63) is 33.8 Å². The van der Waals surface area contributed by atoms with Crippen LogP contribution in [0.2, 0.25) is 10.0 Å². The van der Waals surface area contributed by atoms with E-state index in [1.54, 1.807) is 25.3 Å². The lowest BCUT2D eigenvalue weighted by atomic mass is 9.80. The molecule has 22 heavy (non-hydrogen) atoms. The second-order valence-corrected chi connectivity index (χ2v) is 6.40. The zero-order valence-corrected chi connectivity index (χ0v) is 13.9. The molecule has 0 saturated heterocycles. The number of rotatable bonds is 6. The van der Waals surface area contributed by atoms with Crippen molar-refractivity contribution >= 4 is 29.2 Å². The van der Waals surface area contributed by atoms with E-state index in [-0.39, 0.29) is 18.2 Å². The Balaban J connectivity index is 1.78. The molecule has 0 bridgehead atoms. The Hall–Kier alpha value is -1.01. The van der Waals surface area contributed by atoms with Crippen LogP contribution in [-0.2, 0) is 4.74 Å². The van der Waals surface area contributed by atoms with Crippen LogP contribution >= 0.6 is 23.2 Å². The second kappa shape index (κ2) is 7.51. The van der Waals surface area contributed by atoms with Gasteiger partial charge in [0.1, 0.15) is 0 Å². The zero-order valence-electron chi connectivity index (χ0n) is 12.4. The van der Waals surface area contributed by atoms with Crippen LogP contribution in [0.15, 0.2) is 18.2 Å². The van der Waals surface area contributed by atoms with Gasteiger partial charge in [-0.25, -0.2) is 4.79 Å². The molecule has 1 saturated carbocycles. The van der Waals surface area contributed by atoms with Crippen LogP contribution < -0.4 is 10.6 Å². The molecule has 0 radical (unpaired) electrons. The fraction of sp³-hybridized carbons (Fsp3) is 0.533. The van der Waals surface area contributed by atoms with Gasteiger partial charge in [-0.2, -0.15) is 0 Å². The van der Waals surface area contributed by atoms with E-state index in [4.69, 9.17) is 27.9 Å². The summed E-state index contributed by atoms with van der Waals surface area (Å²) in [6, 6.07) is 4.48. The van der Waals surface area contributed by atoms with Gasteiger partial charge in [0.25, 0.3) is 0 Å². The molecule has 1 fully saturated rings. The lowest BCUT2D eigenvalue weighted by Crippen LogP contribution is -2.51. The first-order chi connectivity index (χ1) is 10.4. The molecule has 0 spiro atoms. The van der Waals surface area contributed by atoms with E-state index < -0.39 is 6.10 Å². The van der Waals surface area contributed by atoms with Crippen molar-refractivity contribution in [2.24, 2.45) is 0 Å². The Kier molecular flexibility index (Phi) is 5.92. The summed E-state index contributed by atoms with van der Waals surface area (Å²) in [4.78, 5) is 11.8. The number of ether oxygens (including phenoxy) is 1. The summed E-state index contributed by atoms with van der Waals surface area (Å²) in [6.07, 6.45) is 2.15. The van der Waals surface area contributed by atoms with Crippen LogP contribution in [0, 0.1) is 0 Å². The first kappa shape index (κ1) is 17.3. The Morgan fingerprint density at radius 1 is 1.32 bits per heavy atom. The molecule has 1 unspecified atom stereocenters. The number of urea groups is 1. The fourth-order valence-corrected chi connectivity index (χ4v) is 2.95. The summed E-state index contributed by atoms with van der Waals surface area (Å²) in [7, 11) is 1.66. The number of benzene rings is 1. The zero-order chi connectivity index (χ0) is 16.2. The lowest BCUT2D eigenvalue weighted by Gasteiger charge is -2.40. The molecule has 0 aromatic heterocycles. The van der Waals surface area contributed by atoms with E-state index in [1.165, 1.54) is 0 Å². The van der Waals surface area contributed by atoms with E-state index in [1.807, 2.05) is 0 Å². The second-order valence-electron chi connectivity index (χ2n) is 5.52. The van der Waals surface area contributed by atoms with Crippen LogP contribution in [0.1, 0.15) is 30.9 Å². The van der Waals surface area contributed by atoms with Gasteiger partial charge < -0.3 is 20.5 Å². The van der Waals surface area contributed by atoms with Crippen molar-refractivity contribution in [3.63, 3.8) is 0 Å². The largest absolute Gasteiger partial charge is 0.387 e. The number of carbonyl (C=O) groups excluding carboxylic acids is 1. The molecular weight excluding hydrogens is 327 g/mol. The summed E-state index contributed by atoms with van der Waals surface area (Å²) in [5, 5.41) is 16.3. The summed E-state index contributed by atoms with van der Waals surface area (Å²) >= 11 is 11.8. The summed E-state index contributed by atoms with van der Waals surface area (Å²) in [6.45, 7) is 0.539. The van der Waals surface area contributed by atoms with Gasteiger partial charge in [0.2, 0.25) is 0 Å². The molecule has 3 N–H and O–H groups in total. The quantitative estimate of drug-likeness (QED) is 0.741. The number of hydrogen-bond acceptors (Lipinski definition) is 3. The summed E-state index contributed by atoms with van der Waals surface area (Å²) < 4.78 is 5.42. The van der Waals surface area contributed by atoms with Crippen molar-refractivity contribution < 1.29 is 14.6 Å². The number of aliphatic hydroxyl groups excluding tert-OH is 1. The highest BCUT2D eigenvalue weighted by molar-refractivity contribution is 6.34. The summed E-state index contributed by atoms with van der Waals surface area (Å²) in [5.41, 5.74) is 0.335. The Bertz CT molecular complexity index is 510. The van der Waals surface area contributed by atoms with Crippen LogP contribution in [0.3, 0.4) is 0 Å². The minimum absolute atomic E-state index is 0.0719. The van der Waals surface area contributed by atoms with Crippen LogP contribution in [0.4, 0.5) is 4.79 Å². The van der Waals surface area contributed by atoms with E-state index in [0.29, 0.717) is 22.2 Å². The lowest BCUT2D eigenvalue weighted by molar-refractivity contribution is -0.0674. The SMILES string of the molecule is COC1(CNC(=O)NCC(O)c2cc(Cl)cc(Cl)c2)CCC1. The fourth-order valence-electron chi connectivity index (χ4n) is 2.40. The molecule has 5 nitrogen and oxygen atoms in total. The highest BCUT2D eigenvalue weighted by Gasteiger charge is 2.37. The van der Waals surface area contributed by atoms with Crippen molar-refractivity contribution in [1.82, 2.24) is 10.6 Å². The van der Waals surface area contributed by atoms with Crippen molar-refractivity contribution in [2.45, 2.75) is 31.0 Å².